The molecular weight excluding hydrogens is 283 g/mol. The number of alkyl halides is 1. The van der Waals surface area contributed by atoms with Gasteiger partial charge in [-0.05, 0) is 37.5 Å². The van der Waals surface area contributed by atoms with Crippen LogP contribution in [-0.2, 0) is 6.42 Å². The summed E-state index contributed by atoms with van der Waals surface area (Å²) in [6.07, 6.45) is 3.80. The Morgan fingerprint density at radius 3 is 2.95 bits per heavy atom. The predicted molar refractivity (Wildman–Crippen MR) is 81.8 cm³/mol. The lowest BCUT2D eigenvalue weighted by atomic mass is 10.2. The highest BCUT2D eigenvalue weighted by molar-refractivity contribution is 7.98. The molecule has 2 nitrogen and oxygen atoms in total. The Kier molecular flexibility index (Phi) is 5.11. The summed E-state index contributed by atoms with van der Waals surface area (Å²) in [6.45, 7) is 2.15. The van der Waals surface area contributed by atoms with Gasteiger partial charge in [0, 0.05) is 18.3 Å². The summed E-state index contributed by atoms with van der Waals surface area (Å²) < 4.78 is 16.0. The lowest BCUT2D eigenvalue weighted by Crippen LogP contribution is -2.10. The normalized spacial score (nSPS) is 13.1. The van der Waals surface area contributed by atoms with Crippen LogP contribution in [0.25, 0.3) is 11.0 Å². The molecule has 2 rings (SSSR count). The molecule has 1 atom stereocenters. The Balaban J connectivity index is 2.48. The number of hydrogen-bond acceptors (Lipinski definition) is 2. The number of fused-ring (bicyclic) bond motifs is 1. The van der Waals surface area contributed by atoms with Gasteiger partial charge >= 0.3 is 0 Å². The third kappa shape index (κ3) is 3.06. The highest BCUT2D eigenvalue weighted by Crippen LogP contribution is 2.26. The van der Waals surface area contributed by atoms with Crippen molar-refractivity contribution < 1.29 is 4.39 Å². The van der Waals surface area contributed by atoms with Crippen molar-refractivity contribution in [1.29, 1.82) is 0 Å². The fourth-order valence-electron chi connectivity index (χ4n) is 2.30. The van der Waals surface area contributed by atoms with E-state index in [2.05, 4.69) is 22.7 Å². The van der Waals surface area contributed by atoms with Crippen LogP contribution in [0.5, 0.6) is 0 Å². The summed E-state index contributed by atoms with van der Waals surface area (Å²) in [4.78, 5) is 4.43. The van der Waals surface area contributed by atoms with Gasteiger partial charge in [0.25, 0.3) is 0 Å². The molecule has 0 saturated carbocycles. The van der Waals surface area contributed by atoms with Crippen molar-refractivity contribution in [3.8, 4) is 0 Å². The molecule has 1 heterocycles. The minimum absolute atomic E-state index is 0.260. The number of aromatic nitrogens is 2. The van der Waals surface area contributed by atoms with Gasteiger partial charge < -0.3 is 4.57 Å². The number of thioether (sulfide) groups is 1. The fourth-order valence-corrected chi connectivity index (χ4v) is 3.05. The van der Waals surface area contributed by atoms with Gasteiger partial charge in [0.15, 0.2) is 5.82 Å². The van der Waals surface area contributed by atoms with E-state index in [1.807, 2.05) is 17.8 Å². The Labute approximate surface area is 122 Å². The lowest BCUT2D eigenvalue weighted by Gasteiger charge is -2.17. The Hall–Kier alpha value is -0.740. The zero-order valence-corrected chi connectivity index (χ0v) is 12.8. The SMILES string of the molecule is CSCCC(C)n1c(CCCl)nc2c(F)cccc21. The van der Waals surface area contributed by atoms with E-state index < -0.39 is 0 Å². The van der Waals surface area contributed by atoms with Crippen LogP contribution in [0.4, 0.5) is 4.39 Å². The average molecular weight is 301 g/mol. The molecule has 5 heteroatoms. The van der Waals surface area contributed by atoms with Gasteiger partial charge in [-0.15, -0.1) is 11.6 Å². The van der Waals surface area contributed by atoms with Crippen molar-refractivity contribution in [2.45, 2.75) is 25.8 Å². The van der Waals surface area contributed by atoms with Crippen LogP contribution in [0.3, 0.4) is 0 Å². The first-order valence-electron chi connectivity index (χ1n) is 6.39. The molecule has 104 valence electrons. The standard InChI is InChI=1S/C14H18ClFN2S/c1-10(7-9-19-2)18-12-5-3-4-11(16)14(12)17-13(18)6-8-15/h3-5,10H,6-9H2,1-2H3. The van der Waals surface area contributed by atoms with Gasteiger partial charge in [-0.1, -0.05) is 6.07 Å². The van der Waals surface area contributed by atoms with E-state index in [0.717, 1.165) is 23.5 Å². The molecule has 0 spiro atoms. The van der Waals surface area contributed by atoms with Gasteiger partial charge in [0.1, 0.15) is 11.3 Å². The van der Waals surface area contributed by atoms with Crippen LogP contribution >= 0.6 is 23.4 Å². The maximum Gasteiger partial charge on any atom is 0.151 e. The van der Waals surface area contributed by atoms with Crippen molar-refractivity contribution in [2.24, 2.45) is 0 Å². The molecule has 1 aromatic carbocycles. The summed E-state index contributed by atoms with van der Waals surface area (Å²) in [7, 11) is 0. The van der Waals surface area contributed by atoms with E-state index in [0.29, 0.717) is 23.9 Å². The van der Waals surface area contributed by atoms with Crippen LogP contribution in [0.15, 0.2) is 18.2 Å². The van der Waals surface area contributed by atoms with E-state index in [1.54, 1.807) is 6.07 Å². The van der Waals surface area contributed by atoms with Crippen molar-refractivity contribution in [1.82, 2.24) is 9.55 Å². The monoisotopic (exact) mass is 300 g/mol. The second-order valence-corrected chi connectivity index (χ2v) is 5.94. The molecular formula is C14H18ClFN2S. The molecule has 19 heavy (non-hydrogen) atoms. The molecule has 0 bridgehead atoms. The van der Waals surface area contributed by atoms with Gasteiger partial charge in [0.05, 0.1) is 5.52 Å². The fraction of sp³-hybridized carbons (Fsp3) is 0.500. The topological polar surface area (TPSA) is 17.8 Å². The first-order chi connectivity index (χ1) is 9.19. The highest BCUT2D eigenvalue weighted by atomic mass is 35.5. The summed E-state index contributed by atoms with van der Waals surface area (Å²) in [5, 5.41) is 0. The predicted octanol–water partition coefficient (Wildman–Crippen LogP) is 4.27. The van der Waals surface area contributed by atoms with E-state index >= 15 is 0 Å². The van der Waals surface area contributed by atoms with Crippen molar-refractivity contribution in [3.63, 3.8) is 0 Å². The zero-order chi connectivity index (χ0) is 13.8. The number of halogens is 2. The van der Waals surface area contributed by atoms with Crippen molar-refractivity contribution in [2.75, 3.05) is 17.9 Å². The Morgan fingerprint density at radius 1 is 1.47 bits per heavy atom. The summed E-state index contributed by atoms with van der Waals surface area (Å²) in [5.41, 5.74) is 1.33. The van der Waals surface area contributed by atoms with Crippen LogP contribution in [0, 0.1) is 5.82 Å². The number of imidazole rings is 1. The minimum atomic E-state index is -0.260. The smallest absolute Gasteiger partial charge is 0.151 e. The number of nitrogens with zero attached hydrogens (tertiary/aromatic N) is 2. The van der Waals surface area contributed by atoms with Crippen molar-refractivity contribution in [3.05, 3.63) is 29.8 Å². The van der Waals surface area contributed by atoms with Crippen LogP contribution in [0.1, 0.15) is 25.2 Å². The Morgan fingerprint density at radius 2 is 2.26 bits per heavy atom. The number of hydrogen-bond donors (Lipinski definition) is 0. The molecule has 0 fully saturated rings. The first-order valence-corrected chi connectivity index (χ1v) is 8.32. The average Bonchev–Trinajstić information content (AvgIpc) is 2.76. The van der Waals surface area contributed by atoms with Crippen molar-refractivity contribution >= 4 is 34.4 Å². The number of para-hydroxylation sites is 1. The van der Waals surface area contributed by atoms with E-state index in [-0.39, 0.29) is 5.82 Å². The number of rotatable bonds is 6. The quantitative estimate of drug-likeness (QED) is 0.741. The van der Waals surface area contributed by atoms with E-state index in [4.69, 9.17) is 11.6 Å². The van der Waals surface area contributed by atoms with Crippen LogP contribution in [-0.4, -0.2) is 27.4 Å². The third-order valence-corrected chi connectivity index (χ3v) is 4.08. The molecule has 0 amide bonds. The molecule has 0 saturated heterocycles. The molecule has 1 aromatic heterocycles. The van der Waals surface area contributed by atoms with Gasteiger partial charge in [-0.3, -0.25) is 0 Å². The van der Waals surface area contributed by atoms with Gasteiger partial charge in [-0.2, -0.15) is 11.8 Å². The second kappa shape index (κ2) is 6.62. The second-order valence-electron chi connectivity index (χ2n) is 4.58. The molecule has 0 N–H and O–H groups in total. The number of benzene rings is 1. The van der Waals surface area contributed by atoms with Gasteiger partial charge in [0.2, 0.25) is 0 Å². The van der Waals surface area contributed by atoms with Crippen LogP contribution < -0.4 is 0 Å². The zero-order valence-electron chi connectivity index (χ0n) is 11.2. The minimum Gasteiger partial charge on any atom is -0.325 e. The lowest BCUT2D eigenvalue weighted by molar-refractivity contribution is 0.528. The molecule has 0 aliphatic rings. The molecule has 0 aliphatic heterocycles. The summed E-state index contributed by atoms with van der Waals surface area (Å²) in [5.74, 6) is 2.20. The maximum atomic E-state index is 13.8. The summed E-state index contributed by atoms with van der Waals surface area (Å²) >= 11 is 7.65. The molecule has 0 radical (unpaired) electrons. The number of aryl methyl sites for hydroxylation is 1. The largest absolute Gasteiger partial charge is 0.325 e. The molecule has 0 aliphatic carbocycles. The Bertz CT molecular complexity index is 556. The van der Waals surface area contributed by atoms with E-state index in [9.17, 15) is 4.39 Å². The summed E-state index contributed by atoms with van der Waals surface area (Å²) in [6, 6.07) is 5.43. The van der Waals surface area contributed by atoms with Crippen LogP contribution in [0.2, 0.25) is 0 Å². The molecule has 2 aromatic rings. The highest BCUT2D eigenvalue weighted by Gasteiger charge is 2.17. The third-order valence-electron chi connectivity index (χ3n) is 3.24. The van der Waals surface area contributed by atoms with E-state index in [1.165, 1.54) is 6.07 Å². The maximum absolute atomic E-state index is 13.8. The first kappa shape index (κ1) is 14.7. The van der Waals surface area contributed by atoms with Gasteiger partial charge in [-0.25, -0.2) is 9.37 Å². The molecule has 1 unspecified atom stereocenters.